The third-order valence-corrected chi connectivity index (χ3v) is 7.30. The molecule has 0 unspecified atom stereocenters. The third-order valence-electron chi connectivity index (χ3n) is 6.14. The second-order valence-electron chi connectivity index (χ2n) is 8.75. The number of rotatable bonds is 6. The number of hydrogen-bond acceptors (Lipinski definition) is 9. The lowest BCUT2D eigenvalue weighted by Crippen LogP contribution is -2.29. The summed E-state index contributed by atoms with van der Waals surface area (Å²) in [6.45, 7) is 2.56. The van der Waals surface area contributed by atoms with Crippen molar-refractivity contribution in [3.05, 3.63) is 71.7 Å². The number of amides is 1. The van der Waals surface area contributed by atoms with Gasteiger partial charge in [0.2, 0.25) is 5.88 Å². The number of thiazole rings is 1. The van der Waals surface area contributed by atoms with Crippen LogP contribution in [-0.2, 0) is 17.7 Å². The molecule has 1 aliphatic heterocycles. The van der Waals surface area contributed by atoms with Crippen LogP contribution in [-0.4, -0.2) is 45.8 Å². The van der Waals surface area contributed by atoms with Crippen LogP contribution in [0.1, 0.15) is 16.7 Å². The number of carbonyl (C=O) groups is 1. The zero-order valence-electron chi connectivity index (χ0n) is 20.2. The van der Waals surface area contributed by atoms with Crippen molar-refractivity contribution >= 4 is 38.7 Å². The Bertz CT molecular complexity index is 1620. The van der Waals surface area contributed by atoms with Crippen LogP contribution >= 0.6 is 11.3 Å². The number of ether oxygens (including phenoxy) is 3. The van der Waals surface area contributed by atoms with Crippen molar-refractivity contribution in [2.45, 2.75) is 26.0 Å². The number of carbonyl (C=O) groups excluding carboxylic acids is 1. The Balaban J connectivity index is 1.20. The lowest BCUT2D eigenvalue weighted by Gasteiger charge is -2.12. The van der Waals surface area contributed by atoms with Gasteiger partial charge in [-0.3, -0.25) is 4.98 Å². The number of alkyl carbamates (subject to hydrolysis) is 1. The van der Waals surface area contributed by atoms with Gasteiger partial charge < -0.3 is 19.5 Å². The third kappa shape index (κ3) is 4.63. The molecule has 0 bridgehead atoms. The molecule has 0 spiro atoms. The molecule has 2 aromatic carbocycles. The van der Waals surface area contributed by atoms with Crippen molar-refractivity contribution in [3.8, 4) is 22.2 Å². The van der Waals surface area contributed by atoms with Crippen molar-refractivity contribution in [1.82, 2.24) is 25.3 Å². The average molecular weight is 514 g/mol. The molecule has 1 aliphatic rings. The van der Waals surface area contributed by atoms with Gasteiger partial charge >= 0.3 is 6.09 Å². The van der Waals surface area contributed by atoms with Gasteiger partial charge in [0.15, 0.2) is 0 Å². The summed E-state index contributed by atoms with van der Waals surface area (Å²) in [5.41, 5.74) is 6.48. The van der Waals surface area contributed by atoms with Gasteiger partial charge in [-0.25, -0.2) is 19.7 Å². The SMILES string of the molecule is COc1cnc2c(-c3nc4ccc5c(c4s3)C[C@@H](COC(=O)NCc3ccncc3)O5)cc(C)cc2n1. The van der Waals surface area contributed by atoms with Crippen molar-refractivity contribution < 1.29 is 19.0 Å². The van der Waals surface area contributed by atoms with E-state index in [4.69, 9.17) is 19.2 Å². The molecule has 5 aromatic rings. The van der Waals surface area contributed by atoms with Gasteiger partial charge in [0, 0.05) is 36.5 Å². The smallest absolute Gasteiger partial charge is 0.407 e. The molecule has 0 fully saturated rings. The van der Waals surface area contributed by atoms with Crippen LogP contribution in [0.2, 0.25) is 0 Å². The van der Waals surface area contributed by atoms with Gasteiger partial charge in [-0.15, -0.1) is 11.3 Å². The van der Waals surface area contributed by atoms with Crippen molar-refractivity contribution in [3.63, 3.8) is 0 Å². The summed E-state index contributed by atoms with van der Waals surface area (Å²) < 4.78 is 17.8. The van der Waals surface area contributed by atoms with E-state index in [-0.39, 0.29) is 12.7 Å². The van der Waals surface area contributed by atoms with E-state index in [1.807, 2.05) is 37.3 Å². The summed E-state index contributed by atoms with van der Waals surface area (Å²) in [5, 5.41) is 3.62. The van der Waals surface area contributed by atoms with E-state index in [1.165, 1.54) is 0 Å². The number of nitrogens with one attached hydrogen (secondary N) is 1. The van der Waals surface area contributed by atoms with Gasteiger partial charge in [-0.05, 0) is 54.4 Å². The highest BCUT2D eigenvalue weighted by molar-refractivity contribution is 7.22. The zero-order valence-corrected chi connectivity index (χ0v) is 21.0. The summed E-state index contributed by atoms with van der Waals surface area (Å²) >= 11 is 1.61. The summed E-state index contributed by atoms with van der Waals surface area (Å²) in [6.07, 6.45) is 4.89. The van der Waals surface area contributed by atoms with E-state index in [1.54, 1.807) is 37.0 Å². The molecule has 0 saturated carbocycles. The van der Waals surface area contributed by atoms with Crippen LogP contribution in [0.15, 0.2) is 55.0 Å². The number of methoxy groups -OCH3 is 1. The molecular weight excluding hydrogens is 490 g/mol. The fourth-order valence-corrected chi connectivity index (χ4v) is 5.52. The number of benzene rings is 2. The summed E-state index contributed by atoms with van der Waals surface area (Å²) in [7, 11) is 1.58. The van der Waals surface area contributed by atoms with Gasteiger partial charge in [0.25, 0.3) is 0 Å². The fourth-order valence-electron chi connectivity index (χ4n) is 4.39. The predicted molar refractivity (Wildman–Crippen MR) is 140 cm³/mol. The Labute approximate surface area is 216 Å². The van der Waals surface area contributed by atoms with E-state index in [0.717, 1.165) is 54.3 Å². The predicted octanol–water partition coefficient (Wildman–Crippen LogP) is 4.85. The molecular formula is C27H23N5O4S. The Hall–Kier alpha value is -4.31. The zero-order chi connectivity index (χ0) is 25.4. The number of aromatic nitrogens is 4. The van der Waals surface area contributed by atoms with Gasteiger partial charge in [-0.1, -0.05) is 0 Å². The van der Waals surface area contributed by atoms with Gasteiger partial charge in [0.05, 0.1) is 34.6 Å². The van der Waals surface area contributed by atoms with Crippen LogP contribution in [0.3, 0.4) is 0 Å². The topological polar surface area (TPSA) is 108 Å². The average Bonchev–Trinajstić information content (AvgIpc) is 3.54. The number of aryl methyl sites for hydroxylation is 1. The molecule has 3 aromatic heterocycles. The monoisotopic (exact) mass is 513 g/mol. The molecule has 6 rings (SSSR count). The highest BCUT2D eigenvalue weighted by Gasteiger charge is 2.28. The molecule has 0 aliphatic carbocycles. The lowest BCUT2D eigenvalue weighted by atomic mass is 10.1. The molecule has 37 heavy (non-hydrogen) atoms. The number of nitrogens with zero attached hydrogens (tertiary/aromatic N) is 4. The second-order valence-corrected chi connectivity index (χ2v) is 9.75. The molecule has 9 nitrogen and oxygen atoms in total. The first kappa shape index (κ1) is 23.1. The Morgan fingerprint density at radius 2 is 2.03 bits per heavy atom. The Morgan fingerprint density at radius 1 is 1.16 bits per heavy atom. The first-order chi connectivity index (χ1) is 18.1. The summed E-state index contributed by atoms with van der Waals surface area (Å²) in [4.78, 5) is 30.2. The maximum Gasteiger partial charge on any atom is 0.407 e. The molecule has 186 valence electrons. The Morgan fingerprint density at radius 3 is 2.86 bits per heavy atom. The Kier molecular flexibility index (Phi) is 6.01. The minimum atomic E-state index is -0.481. The first-order valence-electron chi connectivity index (χ1n) is 11.8. The molecule has 1 atom stereocenters. The second kappa shape index (κ2) is 9.62. The van der Waals surface area contributed by atoms with E-state index in [2.05, 4.69) is 26.3 Å². The van der Waals surface area contributed by atoms with E-state index >= 15 is 0 Å². The van der Waals surface area contributed by atoms with Crippen LogP contribution in [0.25, 0.3) is 31.8 Å². The molecule has 1 amide bonds. The van der Waals surface area contributed by atoms with Gasteiger partial charge in [0.1, 0.15) is 23.5 Å². The largest absolute Gasteiger partial charge is 0.486 e. The standard InChI is InChI=1S/C27H23N5O4S/c1-15-9-19(24-21(10-15)31-23(34-2)13-29-24)26-32-20-3-4-22-18(25(20)37-26)11-17(36-22)14-35-27(33)30-12-16-5-7-28-8-6-16/h3-10,13,17H,11-12,14H2,1-2H3,(H,30,33)/t17-/m0/s1. The quantitative estimate of drug-likeness (QED) is 0.343. The molecule has 10 heteroatoms. The van der Waals surface area contributed by atoms with Gasteiger partial charge in [-0.2, -0.15) is 0 Å². The number of hydrogen-bond donors (Lipinski definition) is 1. The van der Waals surface area contributed by atoms with Crippen molar-refractivity contribution in [2.75, 3.05) is 13.7 Å². The van der Waals surface area contributed by atoms with Crippen LogP contribution in [0.5, 0.6) is 11.6 Å². The summed E-state index contributed by atoms with van der Waals surface area (Å²) in [6, 6.07) is 11.7. The highest BCUT2D eigenvalue weighted by atomic mass is 32.1. The van der Waals surface area contributed by atoms with Crippen LogP contribution in [0, 0.1) is 6.92 Å². The van der Waals surface area contributed by atoms with E-state index < -0.39 is 6.09 Å². The van der Waals surface area contributed by atoms with Crippen molar-refractivity contribution in [2.24, 2.45) is 0 Å². The minimum absolute atomic E-state index is 0.157. The molecule has 1 N–H and O–H groups in total. The number of fused-ring (bicyclic) bond motifs is 4. The summed E-state index contributed by atoms with van der Waals surface area (Å²) in [5.74, 6) is 1.27. The van der Waals surface area contributed by atoms with Crippen LogP contribution < -0.4 is 14.8 Å². The van der Waals surface area contributed by atoms with Crippen molar-refractivity contribution in [1.29, 1.82) is 0 Å². The highest BCUT2D eigenvalue weighted by Crippen LogP contribution is 2.41. The first-order valence-corrected chi connectivity index (χ1v) is 12.6. The minimum Gasteiger partial charge on any atom is -0.486 e. The lowest BCUT2D eigenvalue weighted by molar-refractivity contribution is 0.0922. The maximum atomic E-state index is 12.2. The molecule has 0 radical (unpaired) electrons. The van der Waals surface area contributed by atoms with Crippen LogP contribution in [0.4, 0.5) is 4.79 Å². The molecule has 0 saturated heterocycles. The van der Waals surface area contributed by atoms with E-state index in [0.29, 0.717) is 18.8 Å². The van der Waals surface area contributed by atoms with E-state index in [9.17, 15) is 4.79 Å². The fraction of sp³-hybridized carbons (Fsp3) is 0.222. The molecule has 4 heterocycles. The normalized spacial score (nSPS) is 14.4. The number of pyridine rings is 1. The maximum absolute atomic E-state index is 12.2.